The Morgan fingerprint density at radius 3 is 1.89 bits per heavy atom. The lowest BCUT2D eigenvalue weighted by atomic mass is 10.1. The molecule has 0 N–H and O–H groups in total. The fourth-order valence-corrected chi connectivity index (χ4v) is 4.00. The van der Waals surface area contributed by atoms with Crippen LogP contribution in [0.2, 0.25) is 0 Å². The Kier molecular flexibility index (Phi) is 13.0. The number of hydrogen-bond acceptors (Lipinski definition) is 6. The van der Waals surface area contributed by atoms with Crippen molar-refractivity contribution in [1.29, 1.82) is 0 Å². The van der Waals surface area contributed by atoms with Crippen molar-refractivity contribution in [3.05, 3.63) is 72.3 Å². The Morgan fingerprint density at radius 1 is 0.757 bits per heavy atom. The van der Waals surface area contributed by atoms with Gasteiger partial charge in [0.1, 0.15) is 24.2 Å². The van der Waals surface area contributed by atoms with E-state index < -0.39 is 5.97 Å². The van der Waals surface area contributed by atoms with Crippen LogP contribution in [0.25, 0.3) is 0 Å². The van der Waals surface area contributed by atoms with Gasteiger partial charge in [0.2, 0.25) is 0 Å². The molecule has 1 aromatic heterocycles. The third-order valence-corrected chi connectivity index (χ3v) is 6.19. The van der Waals surface area contributed by atoms with Gasteiger partial charge in [-0.15, -0.1) is 10.2 Å². The number of aromatic nitrogens is 3. The molecular weight excluding hydrogens is 464 g/mol. The zero-order valence-electron chi connectivity index (χ0n) is 22.1. The average molecular weight is 505 g/mol. The minimum atomic E-state index is -0.404. The quantitative estimate of drug-likeness (QED) is 0.0777. The van der Waals surface area contributed by atoms with Crippen LogP contribution in [-0.4, -0.2) is 33.7 Å². The summed E-state index contributed by atoms with van der Waals surface area (Å²) in [6, 6.07) is 14.2. The largest absolute Gasteiger partial charge is 0.494 e. The van der Waals surface area contributed by atoms with Crippen LogP contribution in [0.1, 0.15) is 99.9 Å². The fraction of sp³-hybridized carbons (Fsp3) is 0.467. The maximum absolute atomic E-state index is 12.5. The molecule has 0 aliphatic heterocycles. The van der Waals surface area contributed by atoms with Crippen molar-refractivity contribution in [2.45, 2.75) is 84.0 Å². The summed E-state index contributed by atoms with van der Waals surface area (Å²) < 4.78 is 12.8. The molecule has 3 rings (SSSR count). The number of carbonyl (C=O) groups excluding carboxylic acids is 1. The van der Waals surface area contributed by atoms with Gasteiger partial charge in [-0.25, -0.2) is 9.47 Å². The molecule has 2 aromatic carbocycles. The lowest BCUT2D eigenvalue weighted by Crippen LogP contribution is -2.08. The monoisotopic (exact) mass is 504 g/mol. The molecule has 0 radical (unpaired) electrons. The van der Waals surface area contributed by atoms with Gasteiger partial charge in [-0.1, -0.05) is 77.6 Å². The number of nitrogens with zero attached hydrogens (tertiary/aromatic N) is 4. The van der Waals surface area contributed by atoms with Crippen molar-refractivity contribution in [1.82, 2.24) is 14.9 Å². The normalized spacial score (nSPS) is 11.2. The van der Waals surface area contributed by atoms with Gasteiger partial charge in [-0.05, 0) is 60.5 Å². The maximum Gasteiger partial charge on any atom is 0.343 e. The first-order valence-corrected chi connectivity index (χ1v) is 13.7. The first-order valence-electron chi connectivity index (χ1n) is 13.7. The molecule has 0 amide bonds. The molecule has 1 heterocycles. The lowest BCUT2D eigenvalue weighted by molar-refractivity contribution is 0.0734. The molecule has 0 aliphatic carbocycles. The molecule has 7 heteroatoms. The molecule has 0 bridgehead atoms. The first kappa shape index (κ1) is 28.1. The summed E-state index contributed by atoms with van der Waals surface area (Å²) in [6.45, 7) is 2.97. The van der Waals surface area contributed by atoms with E-state index in [-0.39, 0.29) is 0 Å². The molecule has 0 spiro atoms. The van der Waals surface area contributed by atoms with Gasteiger partial charge in [0, 0.05) is 0 Å². The number of unbranched alkanes of at least 4 members (excludes halogenated alkanes) is 11. The Bertz CT molecular complexity index is 1030. The summed E-state index contributed by atoms with van der Waals surface area (Å²) in [4.78, 5) is 12.5. The van der Waals surface area contributed by atoms with Crippen LogP contribution in [0.3, 0.4) is 0 Å². The first-order chi connectivity index (χ1) is 18.2. The number of benzene rings is 2. The van der Waals surface area contributed by atoms with Gasteiger partial charge < -0.3 is 9.47 Å². The second-order valence-corrected chi connectivity index (χ2v) is 9.31. The standard InChI is InChI=1S/C30H40N4O3/c1-2-3-4-5-6-7-8-9-10-11-12-13-22-36-28-20-16-27(17-21-28)30(35)37-29-18-14-26(15-19-29)23-33-34-24-31-32-25-34/h14-21,23-25H,2-13,22H2,1H3/b33-23+. The van der Waals surface area contributed by atoms with Crippen LogP contribution in [0.4, 0.5) is 0 Å². The van der Waals surface area contributed by atoms with Crippen LogP contribution in [0.15, 0.2) is 66.3 Å². The van der Waals surface area contributed by atoms with Crippen molar-refractivity contribution in [3.8, 4) is 11.5 Å². The molecule has 7 nitrogen and oxygen atoms in total. The molecule has 0 aliphatic rings. The molecule has 0 fully saturated rings. The highest BCUT2D eigenvalue weighted by molar-refractivity contribution is 5.91. The SMILES string of the molecule is CCCCCCCCCCCCCCOc1ccc(C(=O)Oc2ccc(/C=N/n3cnnc3)cc2)cc1. The number of hydrogen-bond donors (Lipinski definition) is 0. The van der Waals surface area contributed by atoms with Gasteiger partial charge >= 0.3 is 5.97 Å². The van der Waals surface area contributed by atoms with Crippen molar-refractivity contribution in [2.24, 2.45) is 5.10 Å². The molecule has 0 saturated carbocycles. The topological polar surface area (TPSA) is 78.6 Å². The predicted molar refractivity (Wildman–Crippen MR) is 147 cm³/mol. The van der Waals surface area contributed by atoms with E-state index in [1.807, 2.05) is 24.3 Å². The van der Waals surface area contributed by atoms with Gasteiger partial charge in [0.15, 0.2) is 0 Å². The minimum absolute atomic E-state index is 0.404. The lowest BCUT2D eigenvalue weighted by Gasteiger charge is -2.08. The highest BCUT2D eigenvalue weighted by atomic mass is 16.5. The molecule has 3 aromatic rings. The van der Waals surface area contributed by atoms with Crippen molar-refractivity contribution in [3.63, 3.8) is 0 Å². The third-order valence-electron chi connectivity index (χ3n) is 6.19. The molecular formula is C30H40N4O3. The molecule has 37 heavy (non-hydrogen) atoms. The summed E-state index contributed by atoms with van der Waals surface area (Å²) >= 11 is 0. The molecule has 0 saturated heterocycles. The van der Waals surface area contributed by atoms with Gasteiger partial charge in [0.25, 0.3) is 0 Å². The number of esters is 1. The van der Waals surface area contributed by atoms with E-state index in [0.29, 0.717) is 17.9 Å². The fourth-order valence-electron chi connectivity index (χ4n) is 4.00. The van der Waals surface area contributed by atoms with Gasteiger partial charge in [0.05, 0.1) is 18.4 Å². The molecule has 0 atom stereocenters. The van der Waals surface area contributed by atoms with Crippen molar-refractivity contribution < 1.29 is 14.3 Å². The van der Waals surface area contributed by atoms with Crippen molar-refractivity contribution in [2.75, 3.05) is 6.61 Å². The number of carbonyl (C=O) groups is 1. The van der Waals surface area contributed by atoms with E-state index >= 15 is 0 Å². The summed E-state index contributed by atoms with van der Waals surface area (Å²) in [5.41, 5.74) is 1.35. The van der Waals surface area contributed by atoms with E-state index in [1.165, 1.54) is 88.0 Å². The van der Waals surface area contributed by atoms with E-state index in [0.717, 1.165) is 17.7 Å². The summed E-state index contributed by atoms with van der Waals surface area (Å²) in [5.74, 6) is 0.841. The predicted octanol–water partition coefficient (Wildman–Crippen LogP) is 7.46. The zero-order valence-corrected chi connectivity index (χ0v) is 22.1. The summed E-state index contributed by atoms with van der Waals surface area (Å²) in [7, 11) is 0. The average Bonchev–Trinajstić information content (AvgIpc) is 3.45. The Hall–Kier alpha value is -3.48. The molecule has 198 valence electrons. The second kappa shape index (κ2) is 17.1. The Labute approximate surface area is 220 Å². The van der Waals surface area contributed by atoms with Crippen molar-refractivity contribution >= 4 is 12.2 Å². The molecule has 0 unspecified atom stereocenters. The summed E-state index contributed by atoms with van der Waals surface area (Å²) in [6.07, 6.45) is 20.6. The maximum atomic E-state index is 12.5. The zero-order chi connectivity index (χ0) is 26.0. The van der Waals surface area contributed by atoms with E-state index in [9.17, 15) is 4.79 Å². The van der Waals surface area contributed by atoms with Crippen LogP contribution < -0.4 is 9.47 Å². The summed E-state index contributed by atoms with van der Waals surface area (Å²) in [5, 5.41) is 11.6. The second-order valence-electron chi connectivity index (χ2n) is 9.31. The van der Waals surface area contributed by atoms with Crippen LogP contribution >= 0.6 is 0 Å². The van der Waals surface area contributed by atoms with Crippen LogP contribution in [0.5, 0.6) is 11.5 Å². The third kappa shape index (κ3) is 11.4. The van der Waals surface area contributed by atoms with Gasteiger partial charge in [-0.2, -0.15) is 5.10 Å². The van der Waals surface area contributed by atoms with Crippen LogP contribution in [-0.2, 0) is 0 Å². The van der Waals surface area contributed by atoms with E-state index in [2.05, 4.69) is 22.2 Å². The van der Waals surface area contributed by atoms with E-state index in [1.54, 1.807) is 30.5 Å². The number of ether oxygens (including phenoxy) is 2. The Balaban J connectivity index is 1.26. The van der Waals surface area contributed by atoms with Gasteiger partial charge in [-0.3, -0.25) is 0 Å². The highest BCUT2D eigenvalue weighted by Crippen LogP contribution is 2.17. The number of rotatable bonds is 18. The smallest absolute Gasteiger partial charge is 0.343 e. The Morgan fingerprint density at radius 2 is 1.30 bits per heavy atom. The minimum Gasteiger partial charge on any atom is -0.494 e. The van der Waals surface area contributed by atoms with E-state index in [4.69, 9.17) is 9.47 Å². The highest BCUT2D eigenvalue weighted by Gasteiger charge is 2.09. The van der Waals surface area contributed by atoms with Crippen LogP contribution in [0, 0.1) is 0 Å².